The molecule has 0 unspecified atom stereocenters. The number of nitro benzene ring substituents is 1. The number of amides is 1. The van der Waals surface area contributed by atoms with E-state index in [-0.39, 0.29) is 22.7 Å². The van der Waals surface area contributed by atoms with Gasteiger partial charge in [-0.3, -0.25) is 24.3 Å². The average molecular weight is 461 g/mol. The van der Waals surface area contributed by atoms with Crippen LogP contribution in [-0.2, 0) is 24.7 Å². The smallest absolute Gasteiger partial charge is 0.296 e. The zero-order chi connectivity index (χ0) is 22.1. The average Bonchev–Trinajstić information content (AvgIpc) is 3.13. The van der Waals surface area contributed by atoms with Crippen LogP contribution < -0.4 is 15.6 Å². The predicted octanol–water partition coefficient (Wildman–Crippen LogP) is 3.52. The summed E-state index contributed by atoms with van der Waals surface area (Å²) in [5.74, 6) is -0.150. The molecule has 3 aromatic rings. The Balaban J connectivity index is 1.53. The first-order valence-electron chi connectivity index (χ1n) is 9.65. The van der Waals surface area contributed by atoms with E-state index in [1.165, 1.54) is 34.8 Å². The second-order valence-electron chi connectivity index (χ2n) is 7.13. The van der Waals surface area contributed by atoms with Gasteiger partial charge in [-0.2, -0.15) is 0 Å². The first-order chi connectivity index (χ1) is 14.9. The number of hydrogen-bond donors (Lipinski definition) is 1. The standard InChI is InChI=1S/C20H20N4O5S2/c1-23-19(26)17-12-5-3-4-6-15(12)31-18(17)22-20(23)30-10-16(25)21-13-8-7-11(29-2)9-14(13)24(27)28/h7-9H,3-6,10H2,1-2H3,(H,21,25). The molecule has 9 nitrogen and oxygen atoms in total. The van der Waals surface area contributed by atoms with Gasteiger partial charge in [0.05, 0.1) is 29.2 Å². The summed E-state index contributed by atoms with van der Waals surface area (Å²) in [6.07, 6.45) is 4.09. The van der Waals surface area contributed by atoms with Gasteiger partial charge in [0.2, 0.25) is 5.91 Å². The van der Waals surface area contributed by atoms with Crippen LogP contribution in [-0.4, -0.2) is 33.2 Å². The number of anilines is 1. The van der Waals surface area contributed by atoms with Crippen molar-refractivity contribution < 1.29 is 14.5 Å². The fraction of sp³-hybridized carbons (Fsp3) is 0.350. The molecule has 2 aromatic heterocycles. The highest BCUT2D eigenvalue weighted by molar-refractivity contribution is 7.99. The minimum absolute atomic E-state index is 0.0416. The molecule has 0 atom stereocenters. The van der Waals surface area contributed by atoms with Crippen molar-refractivity contribution in [2.75, 3.05) is 18.2 Å². The maximum absolute atomic E-state index is 12.9. The number of thiophene rings is 1. The number of ether oxygens (including phenoxy) is 1. The predicted molar refractivity (Wildman–Crippen MR) is 121 cm³/mol. The molecule has 11 heteroatoms. The molecule has 1 aliphatic carbocycles. The minimum Gasteiger partial charge on any atom is -0.496 e. The van der Waals surface area contributed by atoms with Gasteiger partial charge in [0, 0.05) is 11.9 Å². The molecule has 0 saturated carbocycles. The van der Waals surface area contributed by atoms with Gasteiger partial charge < -0.3 is 10.1 Å². The highest BCUT2D eigenvalue weighted by Crippen LogP contribution is 2.34. The van der Waals surface area contributed by atoms with Crippen molar-refractivity contribution in [1.29, 1.82) is 0 Å². The zero-order valence-corrected chi connectivity index (χ0v) is 18.6. The lowest BCUT2D eigenvalue weighted by Crippen LogP contribution is -2.22. The third-order valence-electron chi connectivity index (χ3n) is 5.16. The largest absolute Gasteiger partial charge is 0.496 e. The molecular formula is C20H20N4O5S2. The monoisotopic (exact) mass is 460 g/mol. The molecule has 4 rings (SSSR count). The number of methoxy groups -OCH3 is 1. The maximum Gasteiger partial charge on any atom is 0.296 e. The number of hydrogen-bond acceptors (Lipinski definition) is 8. The lowest BCUT2D eigenvalue weighted by Gasteiger charge is -2.11. The highest BCUT2D eigenvalue weighted by Gasteiger charge is 2.22. The van der Waals surface area contributed by atoms with E-state index in [1.807, 2.05) is 0 Å². The van der Waals surface area contributed by atoms with Gasteiger partial charge in [0.15, 0.2) is 5.16 Å². The molecule has 0 bridgehead atoms. The Bertz CT molecular complexity index is 1250. The third kappa shape index (κ3) is 4.15. The van der Waals surface area contributed by atoms with Crippen molar-refractivity contribution in [2.24, 2.45) is 7.05 Å². The van der Waals surface area contributed by atoms with Gasteiger partial charge in [-0.1, -0.05) is 11.8 Å². The summed E-state index contributed by atoms with van der Waals surface area (Å²) in [7, 11) is 3.06. The fourth-order valence-electron chi connectivity index (χ4n) is 3.61. The third-order valence-corrected chi connectivity index (χ3v) is 7.38. The number of nitro groups is 1. The quantitative estimate of drug-likeness (QED) is 0.259. The Labute approximate surface area is 185 Å². The lowest BCUT2D eigenvalue weighted by atomic mass is 9.97. The number of benzene rings is 1. The van der Waals surface area contributed by atoms with Gasteiger partial charge in [-0.05, 0) is 43.4 Å². The summed E-state index contributed by atoms with van der Waals surface area (Å²) in [6, 6.07) is 4.21. The summed E-state index contributed by atoms with van der Waals surface area (Å²) < 4.78 is 6.47. The summed E-state index contributed by atoms with van der Waals surface area (Å²) in [4.78, 5) is 42.6. The van der Waals surface area contributed by atoms with E-state index >= 15 is 0 Å². The molecule has 162 valence electrons. The molecule has 1 aromatic carbocycles. The fourth-order valence-corrected chi connectivity index (χ4v) is 5.68. The van der Waals surface area contributed by atoms with Gasteiger partial charge in [0.25, 0.3) is 11.2 Å². The number of nitrogens with one attached hydrogen (secondary N) is 1. The van der Waals surface area contributed by atoms with Crippen LogP contribution in [0.2, 0.25) is 0 Å². The minimum atomic E-state index is -0.580. The Morgan fingerprint density at radius 3 is 2.90 bits per heavy atom. The van der Waals surface area contributed by atoms with Crippen molar-refractivity contribution in [1.82, 2.24) is 9.55 Å². The Kier molecular flexibility index (Phi) is 5.96. The summed E-state index contributed by atoms with van der Waals surface area (Å²) in [5.41, 5.74) is 0.854. The molecule has 0 saturated heterocycles. The summed E-state index contributed by atoms with van der Waals surface area (Å²) in [5, 5.41) is 15.0. The number of carbonyl (C=O) groups is 1. The van der Waals surface area contributed by atoms with Gasteiger partial charge in [-0.25, -0.2) is 4.98 Å². The molecule has 1 N–H and O–H groups in total. The molecular weight excluding hydrogens is 440 g/mol. The molecule has 31 heavy (non-hydrogen) atoms. The molecule has 2 heterocycles. The maximum atomic E-state index is 12.9. The molecule has 0 fully saturated rings. The van der Waals surface area contributed by atoms with Crippen molar-refractivity contribution in [3.63, 3.8) is 0 Å². The first kappa shape index (κ1) is 21.3. The van der Waals surface area contributed by atoms with Crippen LogP contribution >= 0.6 is 23.1 Å². The summed E-state index contributed by atoms with van der Waals surface area (Å²) in [6.45, 7) is 0. The van der Waals surface area contributed by atoms with E-state index in [0.717, 1.165) is 43.0 Å². The van der Waals surface area contributed by atoms with Crippen LogP contribution in [0, 0.1) is 10.1 Å². The molecule has 1 aliphatic rings. The Hall–Kier alpha value is -2.92. The van der Waals surface area contributed by atoms with E-state index in [9.17, 15) is 19.7 Å². The summed E-state index contributed by atoms with van der Waals surface area (Å²) >= 11 is 2.68. The molecule has 1 amide bonds. The van der Waals surface area contributed by atoms with E-state index in [1.54, 1.807) is 18.4 Å². The van der Waals surface area contributed by atoms with E-state index < -0.39 is 10.8 Å². The van der Waals surface area contributed by atoms with Crippen LogP contribution in [0.15, 0.2) is 28.2 Å². The SMILES string of the molecule is COc1ccc(NC(=O)CSc2nc3sc4c(c3c(=O)n2C)CCCC4)c([N+](=O)[O-])c1. The Morgan fingerprint density at radius 2 is 2.16 bits per heavy atom. The van der Waals surface area contributed by atoms with Gasteiger partial charge in [0.1, 0.15) is 16.3 Å². The van der Waals surface area contributed by atoms with Crippen LogP contribution in [0.5, 0.6) is 5.75 Å². The number of carbonyl (C=O) groups excluding carboxylic acids is 1. The second kappa shape index (κ2) is 8.67. The molecule has 0 aliphatic heterocycles. The van der Waals surface area contributed by atoms with Crippen molar-refractivity contribution >= 4 is 50.6 Å². The van der Waals surface area contributed by atoms with Crippen molar-refractivity contribution in [3.8, 4) is 5.75 Å². The molecule has 0 spiro atoms. The van der Waals surface area contributed by atoms with Crippen LogP contribution in [0.25, 0.3) is 10.2 Å². The zero-order valence-electron chi connectivity index (χ0n) is 17.0. The van der Waals surface area contributed by atoms with E-state index in [4.69, 9.17) is 4.74 Å². The van der Waals surface area contributed by atoms with Gasteiger partial charge >= 0.3 is 0 Å². The number of aromatic nitrogens is 2. The topological polar surface area (TPSA) is 116 Å². The second-order valence-corrected chi connectivity index (χ2v) is 9.15. The number of thioether (sulfide) groups is 1. The van der Waals surface area contributed by atoms with E-state index in [0.29, 0.717) is 21.1 Å². The highest BCUT2D eigenvalue weighted by atomic mass is 32.2. The molecule has 0 radical (unpaired) electrons. The van der Waals surface area contributed by atoms with Gasteiger partial charge in [-0.15, -0.1) is 11.3 Å². The number of nitrogens with zero attached hydrogens (tertiary/aromatic N) is 3. The van der Waals surface area contributed by atoms with Crippen LogP contribution in [0.4, 0.5) is 11.4 Å². The van der Waals surface area contributed by atoms with Crippen molar-refractivity contribution in [3.05, 3.63) is 49.1 Å². The number of rotatable bonds is 6. The lowest BCUT2D eigenvalue weighted by molar-refractivity contribution is -0.384. The first-order valence-corrected chi connectivity index (χ1v) is 11.5. The Morgan fingerprint density at radius 1 is 1.39 bits per heavy atom. The van der Waals surface area contributed by atoms with Crippen LogP contribution in [0.1, 0.15) is 23.3 Å². The van der Waals surface area contributed by atoms with Crippen LogP contribution in [0.3, 0.4) is 0 Å². The number of aryl methyl sites for hydroxylation is 2. The number of fused-ring (bicyclic) bond motifs is 3. The van der Waals surface area contributed by atoms with E-state index in [2.05, 4.69) is 10.3 Å². The normalized spacial score (nSPS) is 13.1. The van der Waals surface area contributed by atoms with Crippen molar-refractivity contribution in [2.45, 2.75) is 30.8 Å².